The number of aryl methyl sites for hydroxylation is 1. The van der Waals surface area contributed by atoms with Crippen molar-refractivity contribution in [3.8, 4) is 0 Å². The number of hydrogen-bond acceptors (Lipinski definition) is 2. The van der Waals surface area contributed by atoms with Crippen LogP contribution in [0.4, 0.5) is 0 Å². The zero-order valence-electron chi connectivity index (χ0n) is 12.6. The topological polar surface area (TPSA) is 17.0 Å². The van der Waals surface area contributed by atoms with Gasteiger partial charge in [-0.25, -0.2) is 0 Å². The van der Waals surface area contributed by atoms with Crippen molar-refractivity contribution in [1.82, 2.24) is 9.88 Å². The van der Waals surface area contributed by atoms with Gasteiger partial charge in [0.05, 0.1) is 0 Å². The summed E-state index contributed by atoms with van der Waals surface area (Å²) < 4.78 is 2.27. The average Bonchev–Trinajstić information content (AvgIpc) is 2.85. The second-order valence-electron chi connectivity index (χ2n) is 6.02. The summed E-state index contributed by atoms with van der Waals surface area (Å²) in [5, 5.41) is 3.51. The first-order valence-corrected chi connectivity index (χ1v) is 8.09. The Kier molecular flexibility index (Phi) is 5.32. The van der Waals surface area contributed by atoms with Crippen LogP contribution in [0.5, 0.6) is 0 Å². The molecule has 1 aromatic carbocycles. The lowest BCUT2D eigenvalue weighted by atomic mass is 10.1. The Morgan fingerprint density at radius 1 is 1.10 bits per heavy atom. The minimum atomic E-state index is 0.172. The summed E-state index contributed by atoms with van der Waals surface area (Å²) in [5.41, 5.74) is 1.52. The third-order valence-electron chi connectivity index (χ3n) is 3.00. The molecule has 0 aliphatic carbocycles. The zero-order chi connectivity index (χ0) is 14.4. The number of nitrogens with zero attached hydrogens (tertiary/aromatic N) is 1. The maximum atomic E-state index is 3.51. The Balaban J connectivity index is 1.75. The molecular weight excluding hydrogens is 264 g/mol. The van der Waals surface area contributed by atoms with Crippen LogP contribution in [0.25, 0.3) is 0 Å². The van der Waals surface area contributed by atoms with E-state index in [2.05, 4.69) is 79.4 Å². The zero-order valence-corrected chi connectivity index (χ0v) is 13.4. The largest absolute Gasteiger partial charge is 0.353 e. The average molecular weight is 288 g/mol. The number of hydrogen-bond donors (Lipinski definition) is 1. The number of nitrogens with one attached hydrogen (secondary N) is 1. The van der Waals surface area contributed by atoms with Crippen molar-refractivity contribution in [3.05, 3.63) is 54.4 Å². The molecule has 0 spiro atoms. The molecule has 0 atom stereocenters. The van der Waals surface area contributed by atoms with Crippen molar-refractivity contribution in [3.63, 3.8) is 0 Å². The van der Waals surface area contributed by atoms with Gasteiger partial charge in [0.2, 0.25) is 0 Å². The van der Waals surface area contributed by atoms with Gasteiger partial charge >= 0.3 is 0 Å². The normalized spacial score (nSPS) is 11.8. The molecule has 0 amide bonds. The molecule has 0 unspecified atom stereocenters. The van der Waals surface area contributed by atoms with E-state index >= 15 is 0 Å². The second-order valence-corrected chi connectivity index (χ2v) is 7.19. The predicted molar refractivity (Wildman–Crippen MR) is 88.2 cm³/mol. The Hall–Kier alpha value is -1.19. The van der Waals surface area contributed by atoms with Gasteiger partial charge < -0.3 is 9.88 Å². The number of rotatable bonds is 6. The highest BCUT2D eigenvalue weighted by atomic mass is 32.2. The molecular formula is C17H24N2S. The molecule has 1 heterocycles. The molecule has 3 heteroatoms. The Labute approximate surface area is 126 Å². The van der Waals surface area contributed by atoms with Crippen molar-refractivity contribution >= 4 is 11.8 Å². The molecule has 0 saturated heterocycles. The van der Waals surface area contributed by atoms with Crippen molar-refractivity contribution in [2.24, 2.45) is 0 Å². The Bertz CT molecular complexity index is 511. The van der Waals surface area contributed by atoms with Gasteiger partial charge in [-0.05, 0) is 44.5 Å². The second kappa shape index (κ2) is 7.00. The van der Waals surface area contributed by atoms with E-state index in [4.69, 9.17) is 0 Å². The van der Waals surface area contributed by atoms with Gasteiger partial charge in [-0.1, -0.05) is 18.2 Å². The number of thioether (sulfide) groups is 1. The minimum Gasteiger partial charge on any atom is -0.353 e. The van der Waals surface area contributed by atoms with Crippen LogP contribution in [0.3, 0.4) is 0 Å². The van der Waals surface area contributed by atoms with Crippen LogP contribution in [-0.2, 0) is 13.1 Å². The minimum absolute atomic E-state index is 0.172. The van der Waals surface area contributed by atoms with Crippen LogP contribution in [-0.4, -0.2) is 15.9 Å². The maximum absolute atomic E-state index is 3.51. The summed E-state index contributed by atoms with van der Waals surface area (Å²) >= 11 is 1.91. The van der Waals surface area contributed by atoms with E-state index in [9.17, 15) is 0 Å². The van der Waals surface area contributed by atoms with Crippen LogP contribution in [0.1, 0.15) is 26.3 Å². The van der Waals surface area contributed by atoms with E-state index in [-0.39, 0.29) is 5.54 Å². The van der Waals surface area contributed by atoms with E-state index in [1.807, 2.05) is 11.8 Å². The van der Waals surface area contributed by atoms with Gasteiger partial charge in [-0.2, -0.15) is 0 Å². The summed E-state index contributed by atoms with van der Waals surface area (Å²) in [6.07, 6.45) is 4.41. The van der Waals surface area contributed by atoms with Gasteiger partial charge in [-0.15, -0.1) is 11.8 Å². The molecule has 0 saturated carbocycles. The van der Waals surface area contributed by atoms with E-state index < -0.39 is 0 Å². The lowest BCUT2D eigenvalue weighted by Gasteiger charge is -2.19. The van der Waals surface area contributed by atoms with E-state index in [0.29, 0.717) is 0 Å². The number of aromatic nitrogens is 1. The monoisotopic (exact) mass is 288 g/mol. The van der Waals surface area contributed by atoms with Gasteiger partial charge in [0.25, 0.3) is 0 Å². The standard InChI is InChI=1S/C17H24N2S/c1-17(2,3)18-13-15-9-10-19(14-15)11-12-20-16-7-5-4-6-8-16/h4-10,14,18H,11-13H2,1-3H3. The van der Waals surface area contributed by atoms with Crippen molar-refractivity contribution in [1.29, 1.82) is 0 Å². The molecule has 20 heavy (non-hydrogen) atoms. The Morgan fingerprint density at radius 3 is 2.55 bits per heavy atom. The fraction of sp³-hybridized carbons (Fsp3) is 0.412. The molecule has 1 N–H and O–H groups in total. The van der Waals surface area contributed by atoms with Crippen LogP contribution < -0.4 is 5.32 Å². The van der Waals surface area contributed by atoms with E-state index in [1.165, 1.54) is 10.5 Å². The highest BCUT2D eigenvalue weighted by molar-refractivity contribution is 7.99. The van der Waals surface area contributed by atoms with Gasteiger partial charge in [0.15, 0.2) is 0 Å². The first-order chi connectivity index (χ1) is 9.53. The fourth-order valence-corrected chi connectivity index (χ4v) is 2.77. The Morgan fingerprint density at radius 2 is 1.85 bits per heavy atom. The summed E-state index contributed by atoms with van der Waals surface area (Å²) in [6.45, 7) is 8.57. The first-order valence-electron chi connectivity index (χ1n) is 7.10. The highest BCUT2D eigenvalue weighted by Crippen LogP contribution is 2.17. The summed E-state index contributed by atoms with van der Waals surface area (Å²) in [4.78, 5) is 1.34. The third kappa shape index (κ3) is 5.43. The maximum Gasteiger partial charge on any atom is 0.0314 e. The lowest BCUT2D eigenvalue weighted by molar-refractivity contribution is 0.424. The smallest absolute Gasteiger partial charge is 0.0314 e. The van der Waals surface area contributed by atoms with Crippen molar-refractivity contribution in [2.75, 3.05) is 5.75 Å². The molecule has 0 radical (unpaired) electrons. The van der Waals surface area contributed by atoms with Gasteiger partial charge in [0.1, 0.15) is 0 Å². The molecule has 2 aromatic rings. The molecule has 0 bridgehead atoms. The van der Waals surface area contributed by atoms with Crippen LogP contribution in [0, 0.1) is 0 Å². The van der Waals surface area contributed by atoms with Crippen molar-refractivity contribution in [2.45, 2.75) is 44.3 Å². The van der Waals surface area contributed by atoms with Gasteiger partial charge in [-0.3, -0.25) is 0 Å². The molecule has 2 rings (SSSR count). The van der Waals surface area contributed by atoms with Gasteiger partial charge in [0, 0.05) is 41.7 Å². The fourth-order valence-electron chi connectivity index (χ4n) is 1.89. The molecule has 0 aliphatic rings. The molecule has 0 fully saturated rings. The summed E-state index contributed by atoms with van der Waals surface area (Å²) in [6, 6.07) is 12.8. The molecule has 0 aliphatic heterocycles. The van der Waals surface area contributed by atoms with E-state index in [1.54, 1.807) is 0 Å². The SMILES string of the molecule is CC(C)(C)NCc1ccn(CCSc2ccccc2)c1. The summed E-state index contributed by atoms with van der Waals surface area (Å²) in [5.74, 6) is 1.10. The predicted octanol–water partition coefficient (Wildman–Crippen LogP) is 4.17. The summed E-state index contributed by atoms with van der Waals surface area (Å²) in [7, 11) is 0. The molecule has 2 nitrogen and oxygen atoms in total. The number of benzene rings is 1. The third-order valence-corrected chi connectivity index (χ3v) is 3.99. The molecule has 108 valence electrons. The van der Waals surface area contributed by atoms with E-state index in [0.717, 1.165) is 18.8 Å². The highest BCUT2D eigenvalue weighted by Gasteiger charge is 2.08. The molecule has 1 aromatic heterocycles. The van der Waals surface area contributed by atoms with Crippen molar-refractivity contribution < 1.29 is 0 Å². The lowest BCUT2D eigenvalue weighted by Crippen LogP contribution is -2.34. The first kappa shape index (κ1) is 15.2. The quantitative estimate of drug-likeness (QED) is 0.804. The van der Waals surface area contributed by atoms with Crippen LogP contribution in [0.15, 0.2) is 53.7 Å². The van der Waals surface area contributed by atoms with Crippen LogP contribution in [0.2, 0.25) is 0 Å². The van der Waals surface area contributed by atoms with Crippen LogP contribution >= 0.6 is 11.8 Å².